The monoisotopic (exact) mass is 317 g/mol. The summed E-state index contributed by atoms with van der Waals surface area (Å²) in [6.45, 7) is 1.12. The summed E-state index contributed by atoms with van der Waals surface area (Å²) < 4.78 is 6.23. The lowest BCUT2D eigenvalue weighted by atomic mass is 10.0. The molecule has 1 aromatic rings. The molecular weight excluding hydrogens is 294 g/mol. The molecule has 2 atom stereocenters. The van der Waals surface area contributed by atoms with Crippen molar-refractivity contribution in [2.45, 2.75) is 25.0 Å². The second kappa shape index (κ2) is 6.58. The van der Waals surface area contributed by atoms with Crippen molar-refractivity contribution in [1.82, 2.24) is 9.80 Å². The van der Waals surface area contributed by atoms with Gasteiger partial charge >= 0.3 is 6.03 Å². The van der Waals surface area contributed by atoms with Crippen molar-refractivity contribution in [1.29, 1.82) is 0 Å². The Balaban J connectivity index is 1.71. The molecule has 6 heteroatoms. The van der Waals surface area contributed by atoms with Gasteiger partial charge in [0, 0.05) is 13.6 Å². The molecule has 1 aliphatic carbocycles. The summed E-state index contributed by atoms with van der Waals surface area (Å²) in [6.07, 6.45) is 2.29. The van der Waals surface area contributed by atoms with Crippen molar-refractivity contribution in [3.05, 3.63) is 35.9 Å². The Labute approximate surface area is 136 Å². The predicted molar refractivity (Wildman–Crippen MR) is 85.6 cm³/mol. The summed E-state index contributed by atoms with van der Waals surface area (Å²) in [6, 6.07) is 9.38. The smallest absolute Gasteiger partial charge is 0.314 e. The van der Waals surface area contributed by atoms with E-state index in [1.165, 1.54) is 11.9 Å². The molecule has 0 bridgehead atoms. The first-order valence-corrected chi connectivity index (χ1v) is 8.03. The number of hydrogen-bond donors (Lipinski definition) is 1. The maximum absolute atomic E-state index is 12.5. The highest BCUT2D eigenvalue weighted by atomic mass is 16.5. The van der Waals surface area contributed by atoms with E-state index in [0.717, 1.165) is 18.4 Å². The Hall–Kier alpha value is -2.08. The van der Waals surface area contributed by atoms with E-state index >= 15 is 0 Å². The number of rotatable bonds is 4. The van der Waals surface area contributed by atoms with Crippen LogP contribution in [0.3, 0.4) is 0 Å². The van der Waals surface area contributed by atoms with Gasteiger partial charge in [0.05, 0.1) is 12.6 Å². The number of amides is 3. The zero-order chi connectivity index (χ0) is 16.4. The molecule has 0 spiro atoms. The number of hydrogen-bond acceptors (Lipinski definition) is 3. The summed E-state index contributed by atoms with van der Waals surface area (Å²) in [7, 11) is 1.54. The first kappa shape index (κ1) is 15.8. The minimum Gasteiger partial charge on any atom is -0.366 e. The van der Waals surface area contributed by atoms with Gasteiger partial charge in [0.25, 0.3) is 0 Å². The van der Waals surface area contributed by atoms with Crippen LogP contribution in [-0.2, 0) is 9.53 Å². The van der Waals surface area contributed by atoms with E-state index < -0.39 is 6.03 Å². The zero-order valence-electron chi connectivity index (χ0n) is 13.4. The minimum absolute atomic E-state index is 0.00816. The third-order valence-corrected chi connectivity index (χ3v) is 4.55. The van der Waals surface area contributed by atoms with Gasteiger partial charge in [-0.15, -0.1) is 0 Å². The van der Waals surface area contributed by atoms with Crippen molar-refractivity contribution >= 4 is 11.9 Å². The molecule has 1 saturated carbocycles. The van der Waals surface area contributed by atoms with E-state index in [9.17, 15) is 9.59 Å². The van der Waals surface area contributed by atoms with Gasteiger partial charge in [-0.3, -0.25) is 4.79 Å². The standard InChI is InChI=1S/C17H23N3O3/c1-19(17(18)22)11-16(21)20-9-14(12-5-3-2-4-6-12)23-15(10-20)13-7-8-13/h2-6,13-15H,7-11H2,1H3,(H2,18,22)/t14-,15+/m0/s1. The maximum atomic E-state index is 12.5. The maximum Gasteiger partial charge on any atom is 0.314 e. The van der Waals surface area contributed by atoms with E-state index in [-0.39, 0.29) is 24.7 Å². The molecular formula is C17H23N3O3. The number of likely N-dealkylation sites (N-methyl/N-ethyl adjacent to an activating group) is 1. The van der Waals surface area contributed by atoms with Crippen molar-refractivity contribution in [3.8, 4) is 0 Å². The van der Waals surface area contributed by atoms with Crippen LogP contribution >= 0.6 is 0 Å². The first-order valence-electron chi connectivity index (χ1n) is 8.03. The summed E-state index contributed by atoms with van der Waals surface area (Å²) >= 11 is 0. The van der Waals surface area contributed by atoms with Crippen molar-refractivity contribution in [2.24, 2.45) is 11.7 Å². The molecule has 2 N–H and O–H groups in total. The Kier molecular flexibility index (Phi) is 4.52. The van der Waals surface area contributed by atoms with Crippen molar-refractivity contribution in [3.63, 3.8) is 0 Å². The fourth-order valence-electron chi connectivity index (χ4n) is 2.95. The van der Waals surface area contributed by atoms with E-state index in [2.05, 4.69) is 0 Å². The van der Waals surface area contributed by atoms with Crippen LogP contribution in [0.25, 0.3) is 0 Å². The molecule has 3 rings (SSSR count). The molecule has 6 nitrogen and oxygen atoms in total. The second-order valence-corrected chi connectivity index (χ2v) is 6.40. The average Bonchev–Trinajstić information content (AvgIpc) is 3.40. The molecule has 0 aromatic heterocycles. The van der Waals surface area contributed by atoms with Gasteiger partial charge in [0.15, 0.2) is 0 Å². The van der Waals surface area contributed by atoms with Gasteiger partial charge < -0.3 is 20.3 Å². The molecule has 23 heavy (non-hydrogen) atoms. The van der Waals surface area contributed by atoms with Gasteiger partial charge in [-0.1, -0.05) is 30.3 Å². The third-order valence-electron chi connectivity index (χ3n) is 4.55. The fraction of sp³-hybridized carbons (Fsp3) is 0.529. The third kappa shape index (κ3) is 3.82. The number of benzene rings is 1. The summed E-state index contributed by atoms with van der Waals surface area (Å²) in [5.41, 5.74) is 6.29. The van der Waals surface area contributed by atoms with Gasteiger partial charge in [-0.05, 0) is 24.3 Å². The van der Waals surface area contributed by atoms with Crippen LogP contribution in [0.1, 0.15) is 24.5 Å². The summed E-state index contributed by atoms with van der Waals surface area (Å²) in [4.78, 5) is 26.7. The molecule has 2 fully saturated rings. The van der Waals surface area contributed by atoms with Gasteiger partial charge in [-0.25, -0.2) is 4.79 Å². The number of morpholine rings is 1. The Morgan fingerprint density at radius 1 is 1.26 bits per heavy atom. The lowest BCUT2D eigenvalue weighted by molar-refractivity contribution is -0.148. The molecule has 1 aromatic carbocycles. The fourth-order valence-corrected chi connectivity index (χ4v) is 2.95. The number of primary amides is 1. The van der Waals surface area contributed by atoms with Crippen molar-refractivity contribution < 1.29 is 14.3 Å². The quantitative estimate of drug-likeness (QED) is 0.911. The number of ether oxygens (including phenoxy) is 1. The van der Waals surface area contributed by atoms with Crippen LogP contribution in [0, 0.1) is 5.92 Å². The molecule has 1 saturated heterocycles. The van der Waals surface area contributed by atoms with Gasteiger partial charge in [0.1, 0.15) is 12.6 Å². The van der Waals surface area contributed by atoms with E-state index in [1.807, 2.05) is 35.2 Å². The highest BCUT2D eigenvalue weighted by Crippen LogP contribution is 2.39. The van der Waals surface area contributed by atoms with Crippen molar-refractivity contribution in [2.75, 3.05) is 26.7 Å². The van der Waals surface area contributed by atoms with Gasteiger partial charge in [-0.2, -0.15) is 0 Å². The first-order chi connectivity index (χ1) is 11.0. The zero-order valence-corrected chi connectivity index (χ0v) is 13.4. The molecule has 0 radical (unpaired) electrons. The largest absolute Gasteiger partial charge is 0.366 e. The number of carbonyl (C=O) groups is 2. The number of nitrogens with two attached hydrogens (primary N) is 1. The predicted octanol–water partition coefficient (Wildman–Crippen LogP) is 1.38. The highest BCUT2D eigenvalue weighted by Gasteiger charge is 2.40. The normalized spacial score (nSPS) is 24.3. The van der Waals surface area contributed by atoms with Crippen LogP contribution in [0.5, 0.6) is 0 Å². The lowest BCUT2D eigenvalue weighted by Crippen LogP contribution is -2.51. The number of nitrogens with zero attached hydrogens (tertiary/aromatic N) is 2. The topological polar surface area (TPSA) is 75.9 Å². The van der Waals surface area contributed by atoms with Crippen LogP contribution in [0.4, 0.5) is 4.79 Å². The number of urea groups is 1. The number of carbonyl (C=O) groups excluding carboxylic acids is 2. The minimum atomic E-state index is -0.593. The van der Waals surface area contributed by atoms with E-state index in [1.54, 1.807) is 0 Å². The lowest BCUT2D eigenvalue weighted by Gasteiger charge is -2.39. The second-order valence-electron chi connectivity index (χ2n) is 6.40. The SMILES string of the molecule is CN(CC(=O)N1C[C@@H](c2ccccc2)O[C@@H](C2CC2)C1)C(N)=O. The van der Waals surface area contributed by atoms with E-state index in [0.29, 0.717) is 19.0 Å². The molecule has 3 amide bonds. The Morgan fingerprint density at radius 2 is 1.96 bits per heavy atom. The van der Waals surface area contributed by atoms with Crippen LogP contribution in [-0.4, -0.2) is 54.5 Å². The molecule has 0 unspecified atom stereocenters. The summed E-state index contributed by atoms with van der Waals surface area (Å²) in [5, 5.41) is 0. The Bertz CT molecular complexity index is 574. The van der Waals surface area contributed by atoms with E-state index in [4.69, 9.17) is 10.5 Å². The van der Waals surface area contributed by atoms with Gasteiger partial charge in [0.2, 0.25) is 5.91 Å². The molecule has 2 aliphatic rings. The van der Waals surface area contributed by atoms with Crippen LogP contribution in [0.2, 0.25) is 0 Å². The molecule has 124 valence electrons. The van der Waals surface area contributed by atoms with Crippen LogP contribution < -0.4 is 5.73 Å². The molecule has 1 heterocycles. The molecule has 1 aliphatic heterocycles. The average molecular weight is 317 g/mol. The Morgan fingerprint density at radius 3 is 2.57 bits per heavy atom. The highest BCUT2D eigenvalue weighted by molar-refractivity contribution is 5.83. The summed E-state index contributed by atoms with van der Waals surface area (Å²) in [5.74, 6) is 0.465. The van der Waals surface area contributed by atoms with Crippen LogP contribution in [0.15, 0.2) is 30.3 Å².